The molecule has 43 heavy (non-hydrogen) atoms. The molecule has 5 nitrogen and oxygen atoms in total. The molecular weight excluding hydrogens is 528 g/mol. The van der Waals surface area contributed by atoms with Crippen molar-refractivity contribution in [1.29, 1.82) is 0 Å². The van der Waals surface area contributed by atoms with Crippen LogP contribution in [0.5, 0.6) is 0 Å². The monoisotopic (exact) mass is 554 g/mol. The van der Waals surface area contributed by atoms with Crippen LogP contribution in [0.4, 0.5) is 0 Å². The highest BCUT2D eigenvalue weighted by atomic mass is 16.3. The lowest BCUT2D eigenvalue weighted by Crippen LogP contribution is -2.36. The van der Waals surface area contributed by atoms with E-state index in [-0.39, 0.29) is 6.17 Å². The molecule has 3 heterocycles. The Hall–Kier alpha value is -5.81. The lowest BCUT2D eigenvalue weighted by molar-refractivity contribution is 0.669. The van der Waals surface area contributed by atoms with Crippen molar-refractivity contribution in [3.63, 3.8) is 0 Å². The normalized spacial score (nSPS) is 14.7. The number of nitrogens with zero attached hydrogens (tertiary/aromatic N) is 3. The van der Waals surface area contributed by atoms with Crippen molar-refractivity contribution in [3.8, 4) is 22.3 Å². The zero-order chi connectivity index (χ0) is 28.6. The Balaban J connectivity index is 1.11. The highest BCUT2D eigenvalue weighted by Crippen LogP contribution is 2.33. The summed E-state index contributed by atoms with van der Waals surface area (Å²) in [6.07, 6.45) is 3.50. The molecule has 204 valence electrons. The average molecular weight is 555 g/mol. The number of benzene rings is 5. The van der Waals surface area contributed by atoms with Crippen LogP contribution in [0.15, 0.2) is 160 Å². The first-order chi connectivity index (χ1) is 21.3. The van der Waals surface area contributed by atoms with E-state index in [1.54, 1.807) is 0 Å². The summed E-state index contributed by atoms with van der Waals surface area (Å²) in [7, 11) is 0. The number of nitrogens with one attached hydrogen (secondary N) is 1. The van der Waals surface area contributed by atoms with Gasteiger partial charge in [0.1, 0.15) is 22.8 Å². The minimum Gasteiger partial charge on any atom is -0.456 e. The largest absolute Gasteiger partial charge is 0.456 e. The fraction of sp³-hybridized carbons (Fsp3) is 0.0263. The van der Waals surface area contributed by atoms with Crippen LogP contribution >= 0.6 is 0 Å². The molecule has 7 aromatic rings. The van der Waals surface area contributed by atoms with Crippen LogP contribution in [-0.4, -0.2) is 16.7 Å². The van der Waals surface area contributed by atoms with Crippen LogP contribution in [0.2, 0.25) is 0 Å². The van der Waals surface area contributed by atoms with Crippen LogP contribution < -0.4 is 5.32 Å². The predicted molar refractivity (Wildman–Crippen MR) is 174 cm³/mol. The highest BCUT2D eigenvalue weighted by molar-refractivity contribution is 6.16. The lowest BCUT2D eigenvalue weighted by Gasteiger charge is -2.22. The zero-order valence-corrected chi connectivity index (χ0v) is 23.2. The van der Waals surface area contributed by atoms with Crippen LogP contribution in [0.1, 0.15) is 22.9 Å². The maximum absolute atomic E-state index is 6.02. The third-order valence-corrected chi connectivity index (χ3v) is 7.82. The first-order valence-electron chi connectivity index (χ1n) is 14.3. The topological polar surface area (TPSA) is 62.8 Å². The molecule has 5 aromatic carbocycles. The van der Waals surface area contributed by atoms with E-state index in [9.17, 15) is 0 Å². The molecule has 1 unspecified atom stereocenters. The zero-order valence-electron chi connectivity index (χ0n) is 23.2. The minimum atomic E-state index is -0.321. The van der Waals surface area contributed by atoms with E-state index in [1.807, 2.05) is 73.1 Å². The van der Waals surface area contributed by atoms with Crippen molar-refractivity contribution in [3.05, 3.63) is 163 Å². The van der Waals surface area contributed by atoms with Gasteiger partial charge in [0.15, 0.2) is 6.17 Å². The number of rotatable bonds is 5. The molecule has 1 N–H and O–H groups in total. The number of fused-ring (bicyclic) bond motifs is 3. The predicted octanol–water partition coefficient (Wildman–Crippen LogP) is 8.81. The van der Waals surface area contributed by atoms with Crippen molar-refractivity contribution in [2.45, 2.75) is 6.17 Å². The number of aliphatic imine (C=N–C) groups is 2. The maximum Gasteiger partial charge on any atom is 0.169 e. The van der Waals surface area contributed by atoms with Gasteiger partial charge in [-0.2, -0.15) is 0 Å². The Morgan fingerprint density at radius 3 is 1.81 bits per heavy atom. The van der Waals surface area contributed by atoms with Gasteiger partial charge in [0.05, 0.1) is 0 Å². The Morgan fingerprint density at radius 2 is 1.05 bits per heavy atom. The standard InChI is InChI=1S/C38H26N4O/c1-3-9-26(10-4-1)36-40-37(27-11-5-2-6-12-27)42-38(41-36)28-17-15-25(16-18-28)30-21-31(24-39-23-30)29-19-20-35-33(22-29)32-13-7-8-14-34(32)43-35/h1-24,36H,(H,40,41,42). The van der Waals surface area contributed by atoms with Gasteiger partial charge in [-0.15, -0.1) is 0 Å². The van der Waals surface area contributed by atoms with Gasteiger partial charge in [0.2, 0.25) is 0 Å². The van der Waals surface area contributed by atoms with Gasteiger partial charge < -0.3 is 9.73 Å². The van der Waals surface area contributed by atoms with Gasteiger partial charge in [-0.05, 0) is 41.0 Å². The summed E-state index contributed by atoms with van der Waals surface area (Å²) < 4.78 is 6.02. The van der Waals surface area contributed by atoms with Crippen LogP contribution in [0.25, 0.3) is 44.2 Å². The van der Waals surface area contributed by atoms with Gasteiger partial charge in [-0.25, -0.2) is 9.98 Å². The Bertz CT molecular complexity index is 2150. The third-order valence-electron chi connectivity index (χ3n) is 7.82. The number of pyridine rings is 1. The molecule has 1 aliphatic heterocycles. The first kappa shape index (κ1) is 24.9. The molecule has 0 saturated heterocycles. The van der Waals surface area contributed by atoms with E-state index in [0.29, 0.717) is 0 Å². The average Bonchev–Trinajstić information content (AvgIpc) is 3.47. The fourth-order valence-corrected chi connectivity index (χ4v) is 5.60. The number of furan rings is 1. The van der Waals surface area contributed by atoms with Crippen molar-refractivity contribution >= 4 is 33.6 Å². The summed E-state index contributed by atoms with van der Waals surface area (Å²) in [6.45, 7) is 0. The van der Waals surface area contributed by atoms with E-state index in [1.165, 1.54) is 0 Å². The fourth-order valence-electron chi connectivity index (χ4n) is 5.60. The maximum atomic E-state index is 6.02. The van der Waals surface area contributed by atoms with Crippen molar-refractivity contribution in [2.24, 2.45) is 9.98 Å². The number of para-hydroxylation sites is 1. The molecular formula is C38H26N4O. The first-order valence-corrected chi connectivity index (χ1v) is 14.3. The van der Waals surface area contributed by atoms with E-state index in [4.69, 9.17) is 14.4 Å². The molecule has 0 fully saturated rings. The molecule has 0 aliphatic carbocycles. The van der Waals surface area contributed by atoms with E-state index in [2.05, 4.69) is 83.1 Å². The van der Waals surface area contributed by atoms with E-state index in [0.717, 1.165) is 72.6 Å². The molecule has 0 amide bonds. The van der Waals surface area contributed by atoms with Crippen LogP contribution in [-0.2, 0) is 0 Å². The second-order valence-corrected chi connectivity index (χ2v) is 10.6. The number of amidine groups is 2. The number of hydrogen-bond acceptors (Lipinski definition) is 5. The van der Waals surface area contributed by atoms with Crippen molar-refractivity contribution in [1.82, 2.24) is 10.3 Å². The summed E-state index contributed by atoms with van der Waals surface area (Å²) >= 11 is 0. The summed E-state index contributed by atoms with van der Waals surface area (Å²) in [4.78, 5) is 14.5. The van der Waals surface area contributed by atoms with Gasteiger partial charge >= 0.3 is 0 Å². The number of aromatic nitrogens is 1. The van der Waals surface area contributed by atoms with E-state index >= 15 is 0 Å². The quantitative estimate of drug-likeness (QED) is 0.231. The summed E-state index contributed by atoms with van der Waals surface area (Å²) in [5.74, 6) is 1.60. The van der Waals surface area contributed by atoms with Gasteiger partial charge in [-0.3, -0.25) is 4.98 Å². The molecule has 5 heteroatoms. The van der Waals surface area contributed by atoms with Gasteiger partial charge in [0.25, 0.3) is 0 Å². The molecule has 0 radical (unpaired) electrons. The Kier molecular flexibility index (Phi) is 6.12. The summed E-state index contributed by atoms with van der Waals surface area (Å²) in [5.41, 5.74) is 9.15. The van der Waals surface area contributed by atoms with E-state index < -0.39 is 0 Å². The molecule has 2 aromatic heterocycles. The Morgan fingerprint density at radius 1 is 0.465 bits per heavy atom. The third kappa shape index (κ3) is 4.77. The van der Waals surface area contributed by atoms with Crippen molar-refractivity contribution in [2.75, 3.05) is 0 Å². The smallest absolute Gasteiger partial charge is 0.169 e. The summed E-state index contributed by atoms with van der Waals surface area (Å²) in [5, 5.41) is 5.71. The van der Waals surface area contributed by atoms with Crippen LogP contribution in [0.3, 0.4) is 0 Å². The summed E-state index contributed by atoms with van der Waals surface area (Å²) in [6, 6.07) is 45.5. The molecule has 8 rings (SSSR count). The molecule has 1 atom stereocenters. The van der Waals surface area contributed by atoms with Gasteiger partial charge in [0, 0.05) is 45.4 Å². The van der Waals surface area contributed by atoms with Crippen LogP contribution in [0, 0.1) is 0 Å². The molecule has 1 aliphatic rings. The number of hydrogen-bond donors (Lipinski definition) is 1. The second-order valence-electron chi connectivity index (χ2n) is 10.6. The van der Waals surface area contributed by atoms with Crippen molar-refractivity contribution < 1.29 is 4.42 Å². The molecule has 0 bridgehead atoms. The molecule has 0 spiro atoms. The minimum absolute atomic E-state index is 0.321. The lowest BCUT2D eigenvalue weighted by atomic mass is 9.99. The van der Waals surface area contributed by atoms with Gasteiger partial charge in [-0.1, -0.05) is 109 Å². The SMILES string of the molecule is c1ccc(C2=NC(c3ccccc3)N=C(c3ccc(-c4cncc(-c5ccc6oc7ccccc7c6c5)c4)cc3)N2)cc1. The Labute approximate surface area is 248 Å². The second kappa shape index (κ2) is 10.5. The highest BCUT2D eigenvalue weighted by Gasteiger charge is 2.20. The molecule has 0 saturated carbocycles.